The van der Waals surface area contributed by atoms with E-state index in [1.807, 2.05) is 30.3 Å². The lowest BCUT2D eigenvalue weighted by Gasteiger charge is -2.16. The van der Waals surface area contributed by atoms with Crippen LogP contribution >= 0.6 is 0 Å². The number of hydrogen-bond acceptors (Lipinski definition) is 4. The number of ether oxygens (including phenoxy) is 1. The Morgan fingerprint density at radius 2 is 2.05 bits per heavy atom. The third-order valence-corrected chi connectivity index (χ3v) is 3.06. The number of benzene rings is 1. The number of nitrogens with zero attached hydrogens (tertiary/aromatic N) is 1. The first-order valence-electron chi connectivity index (χ1n) is 6.86. The van der Waals surface area contributed by atoms with E-state index in [0.717, 1.165) is 5.56 Å². The number of halogens is 1. The van der Waals surface area contributed by atoms with Crippen molar-refractivity contribution >= 4 is 6.09 Å². The molecule has 22 heavy (non-hydrogen) atoms. The summed E-state index contributed by atoms with van der Waals surface area (Å²) in [7, 11) is 0. The minimum atomic E-state index is -0.660. The lowest BCUT2D eigenvalue weighted by molar-refractivity contribution is 0.129. The molecule has 0 aliphatic heterocycles. The Balaban J connectivity index is 1.84. The number of aliphatic hydroxyl groups is 1. The smallest absolute Gasteiger partial charge is 0.407 e. The Bertz CT molecular complexity index is 607. The average molecular weight is 304 g/mol. The molecule has 0 bridgehead atoms. The molecule has 1 amide bonds. The van der Waals surface area contributed by atoms with Crippen molar-refractivity contribution in [1.82, 2.24) is 10.3 Å². The molecule has 116 valence electrons. The van der Waals surface area contributed by atoms with Gasteiger partial charge in [0.1, 0.15) is 6.61 Å². The molecule has 6 heteroatoms. The number of amides is 1. The zero-order valence-electron chi connectivity index (χ0n) is 11.9. The first-order valence-corrected chi connectivity index (χ1v) is 6.86. The Morgan fingerprint density at radius 1 is 1.27 bits per heavy atom. The summed E-state index contributed by atoms with van der Waals surface area (Å²) in [5.74, 6) is -0.611. The third-order valence-electron chi connectivity index (χ3n) is 3.06. The van der Waals surface area contributed by atoms with Gasteiger partial charge in [-0.1, -0.05) is 36.4 Å². The van der Waals surface area contributed by atoms with Gasteiger partial charge in [0.25, 0.3) is 0 Å². The second-order valence-corrected chi connectivity index (χ2v) is 4.74. The highest BCUT2D eigenvalue weighted by Crippen LogP contribution is 2.07. The molecule has 0 aliphatic rings. The van der Waals surface area contributed by atoms with Crippen molar-refractivity contribution in [3.05, 3.63) is 65.7 Å². The second-order valence-electron chi connectivity index (χ2n) is 4.74. The number of nitrogens with one attached hydrogen (secondary N) is 1. The summed E-state index contributed by atoms with van der Waals surface area (Å²) in [5.41, 5.74) is 1.18. The first-order chi connectivity index (χ1) is 10.7. The van der Waals surface area contributed by atoms with Gasteiger partial charge in [0.2, 0.25) is 5.95 Å². The molecule has 0 fully saturated rings. The predicted molar refractivity (Wildman–Crippen MR) is 78.5 cm³/mol. The summed E-state index contributed by atoms with van der Waals surface area (Å²) in [6.07, 6.45) is 0.817. The van der Waals surface area contributed by atoms with Crippen LogP contribution in [0, 0.1) is 5.95 Å². The minimum Gasteiger partial charge on any atom is -0.445 e. The highest BCUT2D eigenvalue weighted by Gasteiger charge is 2.15. The number of carbonyl (C=O) groups is 1. The van der Waals surface area contributed by atoms with E-state index in [0.29, 0.717) is 5.56 Å². The summed E-state index contributed by atoms with van der Waals surface area (Å²) in [6.45, 7) is -0.194. The topological polar surface area (TPSA) is 71.5 Å². The lowest BCUT2D eigenvalue weighted by atomic mass is 10.1. The maximum atomic E-state index is 13.5. The number of carbonyl (C=O) groups excluding carboxylic acids is 1. The van der Waals surface area contributed by atoms with Crippen LogP contribution in [0.3, 0.4) is 0 Å². The fourth-order valence-corrected chi connectivity index (χ4v) is 1.93. The van der Waals surface area contributed by atoms with E-state index in [-0.39, 0.29) is 19.6 Å². The predicted octanol–water partition coefficient (Wildman–Crippen LogP) is 2.05. The molecule has 0 aliphatic carbocycles. The van der Waals surface area contributed by atoms with Crippen LogP contribution in [0.2, 0.25) is 0 Å². The summed E-state index contributed by atoms with van der Waals surface area (Å²) in [6, 6.07) is 11.7. The number of hydrogen-bond donors (Lipinski definition) is 2. The Morgan fingerprint density at radius 3 is 2.73 bits per heavy atom. The highest BCUT2D eigenvalue weighted by molar-refractivity contribution is 5.67. The van der Waals surface area contributed by atoms with Gasteiger partial charge in [-0.3, -0.25) is 0 Å². The van der Waals surface area contributed by atoms with Gasteiger partial charge in [0.05, 0.1) is 12.6 Å². The van der Waals surface area contributed by atoms with Crippen LogP contribution in [-0.4, -0.2) is 28.8 Å². The van der Waals surface area contributed by atoms with Crippen molar-refractivity contribution in [2.24, 2.45) is 0 Å². The van der Waals surface area contributed by atoms with Gasteiger partial charge >= 0.3 is 6.09 Å². The van der Waals surface area contributed by atoms with Crippen molar-refractivity contribution in [3.8, 4) is 0 Å². The van der Waals surface area contributed by atoms with Gasteiger partial charge in [0.15, 0.2) is 0 Å². The molecule has 1 aromatic carbocycles. The largest absolute Gasteiger partial charge is 0.445 e. The molecule has 2 rings (SSSR count). The number of pyridine rings is 1. The van der Waals surface area contributed by atoms with Gasteiger partial charge in [-0.25, -0.2) is 9.78 Å². The molecule has 2 aromatic rings. The van der Waals surface area contributed by atoms with Crippen LogP contribution < -0.4 is 5.32 Å². The van der Waals surface area contributed by atoms with Crippen LogP contribution in [-0.2, 0) is 17.8 Å². The molecule has 0 saturated carbocycles. The van der Waals surface area contributed by atoms with Gasteiger partial charge in [-0.05, 0) is 18.1 Å². The molecule has 2 N–H and O–H groups in total. The van der Waals surface area contributed by atoms with Crippen molar-refractivity contribution in [2.45, 2.75) is 19.1 Å². The number of rotatable bonds is 6. The summed E-state index contributed by atoms with van der Waals surface area (Å²) >= 11 is 0. The zero-order valence-corrected chi connectivity index (χ0v) is 11.9. The first kappa shape index (κ1) is 15.9. The Hall–Kier alpha value is -2.47. The molecule has 0 radical (unpaired) electrons. The Labute approximate surface area is 127 Å². The van der Waals surface area contributed by atoms with Crippen molar-refractivity contribution in [2.75, 3.05) is 6.61 Å². The normalized spacial score (nSPS) is 11.7. The molecule has 0 saturated heterocycles. The summed E-state index contributed by atoms with van der Waals surface area (Å²) in [4.78, 5) is 15.2. The number of alkyl carbamates (subject to hydrolysis) is 1. The van der Waals surface area contributed by atoms with Crippen LogP contribution in [0.25, 0.3) is 0 Å². The minimum absolute atomic E-state index is 0.131. The van der Waals surface area contributed by atoms with E-state index in [2.05, 4.69) is 10.3 Å². The maximum Gasteiger partial charge on any atom is 0.407 e. The maximum absolute atomic E-state index is 13.5. The van der Waals surface area contributed by atoms with Gasteiger partial charge in [-0.15, -0.1) is 0 Å². The van der Waals surface area contributed by atoms with E-state index in [1.54, 1.807) is 12.1 Å². The molecule has 5 nitrogen and oxygen atoms in total. The van der Waals surface area contributed by atoms with Crippen molar-refractivity contribution in [1.29, 1.82) is 0 Å². The molecular formula is C16H17FN2O3. The van der Waals surface area contributed by atoms with Gasteiger partial charge in [-0.2, -0.15) is 4.39 Å². The van der Waals surface area contributed by atoms with E-state index in [1.165, 1.54) is 6.20 Å². The summed E-state index contributed by atoms with van der Waals surface area (Å²) in [5, 5.41) is 11.8. The zero-order chi connectivity index (χ0) is 15.8. The fourth-order valence-electron chi connectivity index (χ4n) is 1.93. The molecule has 1 heterocycles. The molecule has 1 atom stereocenters. The second kappa shape index (κ2) is 8.09. The van der Waals surface area contributed by atoms with Crippen LogP contribution in [0.1, 0.15) is 11.1 Å². The van der Waals surface area contributed by atoms with Crippen molar-refractivity contribution < 1.29 is 19.0 Å². The third kappa shape index (κ3) is 4.82. The lowest BCUT2D eigenvalue weighted by Crippen LogP contribution is -2.39. The number of aliphatic hydroxyl groups excluding tert-OH is 1. The van der Waals surface area contributed by atoms with Crippen LogP contribution in [0.15, 0.2) is 48.7 Å². The molecule has 1 aromatic heterocycles. The number of aromatic nitrogens is 1. The fraction of sp³-hybridized carbons (Fsp3) is 0.250. The summed E-state index contributed by atoms with van der Waals surface area (Å²) < 4.78 is 18.5. The van der Waals surface area contributed by atoms with E-state index in [4.69, 9.17) is 4.74 Å². The Kier molecular flexibility index (Phi) is 5.85. The standard InChI is InChI=1S/C16H17FN2O3/c17-15-13(7-4-8-18-15)9-14(10-20)19-16(21)22-11-12-5-2-1-3-6-12/h1-8,14,20H,9-11H2,(H,19,21). The molecule has 0 spiro atoms. The van der Waals surface area contributed by atoms with Gasteiger partial charge in [0, 0.05) is 11.8 Å². The monoisotopic (exact) mass is 304 g/mol. The highest BCUT2D eigenvalue weighted by atomic mass is 19.1. The van der Waals surface area contributed by atoms with Gasteiger partial charge < -0.3 is 15.2 Å². The quantitative estimate of drug-likeness (QED) is 0.801. The SMILES string of the molecule is O=C(NC(CO)Cc1cccnc1F)OCc1ccccc1. The average Bonchev–Trinajstić information content (AvgIpc) is 2.55. The molecular weight excluding hydrogens is 287 g/mol. The van der Waals surface area contributed by atoms with Crippen LogP contribution in [0.5, 0.6) is 0 Å². The molecule has 1 unspecified atom stereocenters. The van der Waals surface area contributed by atoms with E-state index < -0.39 is 18.1 Å². The van der Waals surface area contributed by atoms with Crippen molar-refractivity contribution in [3.63, 3.8) is 0 Å². The van der Waals surface area contributed by atoms with E-state index in [9.17, 15) is 14.3 Å². The van der Waals surface area contributed by atoms with Crippen LogP contribution in [0.4, 0.5) is 9.18 Å². The van der Waals surface area contributed by atoms with E-state index >= 15 is 0 Å².